The summed E-state index contributed by atoms with van der Waals surface area (Å²) in [6, 6.07) is 3.89. The van der Waals surface area contributed by atoms with Crippen LogP contribution >= 0.6 is 0 Å². The van der Waals surface area contributed by atoms with Gasteiger partial charge in [-0.1, -0.05) is 12.1 Å². The molecule has 162 valence electrons. The lowest BCUT2D eigenvalue weighted by Gasteiger charge is -2.26. The SMILES string of the molecule is CC(C)(C)OC(=O)NC(C(=O)N1CCCC1)c1ccc(OS(=O)C(F)(F)F)cc1. The molecule has 1 heterocycles. The average molecular weight is 436 g/mol. The maximum atomic E-state index is 12.9. The second-order valence-electron chi connectivity index (χ2n) is 7.44. The van der Waals surface area contributed by atoms with Gasteiger partial charge in [0.2, 0.25) is 5.91 Å². The minimum absolute atomic E-state index is 0.283. The zero-order valence-electron chi connectivity index (χ0n) is 16.2. The van der Waals surface area contributed by atoms with Crippen molar-refractivity contribution in [3.05, 3.63) is 29.8 Å². The fourth-order valence-electron chi connectivity index (χ4n) is 2.68. The summed E-state index contributed by atoms with van der Waals surface area (Å²) in [7, 11) is 0. The van der Waals surface area contributed by atoms with E-state index in [1.54, 1.807) is 25.7 Å². The number of amides is 2. The van der Waals surface area contributed by atoms with Crippen molar-refractivity contribution in [1.82, 2.24) is 10.2 Å². The summed E-state index contributed by atoms with van der Waals surface area (Å²) >= 11 is -3.50. The van der Waals surface area contributed by atoms with Crippen molar-refractivity contribution in [2.24, 2.45) is 0 Å². The van der Waals surface area contributed by atoms with Crippen LogP contribution in [0.1, 0.15) is 45.2 Å². The third-order valence-electron chi connectivity index (χ3n) is 3.90. The Kier molecular flexibility index (Phi) is 7.15. The van der Waals surface area contributed by atoms with Crippen molar-refractivity contribution in [1.29, 1.82) is 0 Å². The van der Waals surface area contributed by atoms with Crippen LogP contribution in [0.4, 0.5) is 18.0 Å². The number of alkyl halides is 3. The molecule has 7 nitrogen and oxygen atoms in total. The molecule has 1 fully saturated rings. The number of benzene rings is 1. The van der Waals surface area contributed by atoms with Gasteiger partial charge in [0.05, 0.1) is 0 Å². The van der Waals surface area contributed by atoms with Crippen LogP contribution in [0.3, 0.4) is 0 Å². The molecule has 0 bridgehead atoms. The molecule has 2 rings (SSSR count). The van der Waals surface area contributed by atoms with Gasteiger partial charge in [0.15, 0.2) is 0 Å². The quantitative estimate of drug-likeness (QED) is 0.765. The van der Waals surface area contributed by atoms with Crippen molar-refractivity contribution < 1.29 is 35.9 Å². The second-order valence-corrected chi connectivity index (χ2v) is 8.54. The summed E-state index contributed by atoms with van der Waals surface area (Å²) < 4.78 is 57.7. The molecule has 1 aliphatic rings. The summed E-state index contributed by atoms with van der Waals surface area (Å²) in [6.45, 7) is 6.14. The van der Waals surface area contributed by atoms with Crippen LogP contribution in [-0.2, 0) is 20.6 Å². The molecule has 1 aromatic rings. The number of carbonyl (C=O) groups excluding carboxylic acids is 2. The highest BCUT2D eigenvalue weighted by molar-refractivity contribution is 7.81. The Morgan fingerprint density at radius 3 is 2.14 bits per heavy atom. The third kappa shape index (κ3) is 6.91. The number of hydrogen-bond donors (Lipinski definition) is 1. The molecule has 2 atom stereocenters. The zero-order valence-corrected chi connectivity index (χ0v) is 17.1. The zero-order chi connectivity index (χ0) is 21.8. The van der Waals surface area contributed by atoms with E-state index in [1.807, 2.05) is 0 Å². The van der Waals surface area contributed by atoms with Crippen molar-refractivity contribution in [2.45, 2.75) is 50.8 Å². The first-order valence-electron chi connectivity index (χ1n) is 8.92. The highest BCUT2D eigenvalue weighted by Gasteiger charge is 2.40. The molecular weight excluding hydrogens is 413 g/mol. The molecule has 2 amide bonds. The van der Waals surface area contributed by atoms with E-state index in [0.29, 0.717) is 18.7 Å². The Balaban J connectivity index is 2.20. The van der Waals surface area contributed by atoms with Gasteiger partial charge in [-0.25, -0.2) is 9.00 Å². The first-order chi connectivity index (χ1) is 13.4. The maximum absolute atomic E-state index is 12.9. The van der Waals surface area contributed by atoms with E-state index >= 15 is 0 Å². The molecule has 0 radical (unpaired) electrons. The Bertz CT molecular complexity index is 756. The largest absolute Gasteiger partial charge is 0.508 e. The van der Waals surface area contributed by atoms with Crippen molar-refractivity contribution in [3.63, 3.8) is 0 Å². The lowest BCUT2D eigenvalue weighted by Crippen LogP contribution is -2.43. The minimum atomic E-state index is -5.01. The Hall–Kier alpha value is -2.30. The molecule has 0 saturated carbocycles. The van der Waals surface area contributed by atoms with E-state index in [4.69, 9.17) is 4.74 Å². The van der Waals surface area contributed by atoms with E-state index < -0.39 is 34.3 Å². The fraction of sp³-hybridized carbons (Fsp3) is 0.556. The van der Waals surface area contributed by atoms with Gasteiger partial charge >= 0.3 is 22.7 Å². The molecule has 2 unspecified atom stereocenters. The van der Waals surface area contributed by atoms with Crippen LogP contribution in [0.25, 0.3) is 0 Å². The summed E-state index contributed by atoms with van der Waals surface area (Å²) in [6.07, 6.45) is 0.899. The maximum Gasteiger partial charge on any atom is 0.508 e. The molecule has 1 saturated heterocycles. The molecule has 0 spiro atoms. The number of rotatable bonds is 5. The molecule has 0 aliphatic carbocycles. The first-order valence-corrected chi connectivity index (χ1v) is 9.99. The van der Waals surface area contributed by atoms with Gasteiger partial charge in [0.1, 0.15) is 17.4 Å². The highest BCUT2D eigenvalue weighted by Crippen LogP contribution is 2.26. The van der Waals surface area contributed by atoms with Crippen molar-refractivity contribution >= 4 is 23.1 Å². The predicted molar refractivity (Wildman–Crippen MR) is 99.2 cm³/mol. The number of likely N-dealkylation sites (tertiary alicyclic amines) is 1. The topological polar surface area (TPSA) is 84.9 Å². The molecule has 0 aromatic heterocycles. The van der Waals surface area contributed by atoms with Crippen LogP contribution in [0.2, 0.25) is 0 Å². The smallest absolute Gasteiger partial charge is 0.444 e. The fourth-order valence-corrected chi connectivity index (χ4v) is 3.06. The first kappa shape index (κ1) is 23.0. The number of halogens is 3. The average Bonchev–Trinajstić information content (AvgIpc) is 3.12. The molecule has 29 heavy (non-hydrogen) atoms. The normalized spacial score (nSPS) is 16.8. The summed E-state index contributed by atoms with van der Waals surface area (Å²) in [5.41, 5.74) is -5.45. The summed E-state index contributed by atoms with van der Waals surface area (Å²) in [5, 5.41) is 2.52. The molecular formula is C18H23F3N2O5S. The summed E-state index contributed by atoms with van der Waals surface area (Å²) in [4.78, 5) is 26.7. The van der Waals surface area contributed by atoms with Gasteiger partial charge in [-0.3, -0.25) is 4.79 Å². The number of hydrogen-bond acceptors (Lipinski definition) is 5. The van der Waals surface area contributed by atoms with E-state index in [9.17, 15) is 27.0 Å². The van der Waals surface area contributed by atoms with Gasteiger partial charge < -0.3 is 19.1 Å². The van der Waals surface area contributed by atoms with E-state index in [-0.39, 0.29) is 11.7 Å². The molecule has 1 aliphatic heterocycles. The number of carbonyl (C=O) groups is 2. The Morgan fingerprint density at radius 2 is 1.66 bits per heavy atom. The van der Waals surface area contributed by atoms with Gasteiger partial charge in [-0.15, -0.1) is 0 Å². The number of alkyl carbamates (subject to hydrolysis) is 1. The van der Waals surface area contributed by atoms with Gasteiger partial charge in [-0.05, 0) is 51.3 Å². The standard InChI is InChI=1S/C18H23F3N2O5S/c1-17(2,3)27-16(25)22-14(15(24)23-10-4-5-11-23)12-6-8-13(9-7-12)28-29(26)18(19,20)21/h6-9,14H,4-5,10-11H2,1-3H3,(H,22,25). The van der Waals surface area contributed by atoms with Crippen LogP contribution in [0.15, 0.2) is 24.3 Å². The van der Waals surface area contributed by atoms with Crippen LogP contribution in [0.5, 0.6) is 5.75 Å². The van der Waals surface area contributed by atoms with E-state index in [2.05, 4.69) is 9.50 Å². The van der Waals surface area contributed by atoms with Crippen LogP contribution in [0, 0.1) is 0 Å². The Morgan fingerprint density at radius 1 is 1.10 bits per heavy atom. The predicted octanol–water partition coefficient (Wildman–Crippen LogP) is 3.44. The van der Waals surface area contributed by atoms with Gasteiger partial charge in [0, 0.05) is 13.1 Å². The van der Waals surface area contributed by atoms with Crippen LogP contribution in [-0.4, -0.2) is 45.3 Å². The lowest BCUT2D eigenvalue weighted by molar-refractivity contribution is -0.132. The highest BCUT2D eigenvalue weighted by atomic mass is 32.2. The van der Waals surface area contributed by atoms with E-state index in [1.165, 1.54) is 12.1 Å². The van der Waals surface area contributed by atoms with Crippen LogP contribution < -0.4 is 9.50 Å². The molecule has 1 aromatic carbocycles. The number of nitrogens with one attached hydrogen (secondary N) is 1. The summed E-state index contributed by atoms with van der Waals surface area (Å²) in [5.74, 6) is -0.630. The second kappa shape index (κ2) is 9.02. The van der Waals surface area contributed by atoms with Gasteiger partial charge in [0.25, 0.3) is 0 Å². The third-order valence-corrected chi connectivity index (χ3v) is 4.62. The van der Waals surface area contributed by atoms with Crippen molar-refractivity contribution in [3.8, 4) is 5.75 Å². The number of ether oxygens (including phenoxy) is 1. The molecule has 1 N–H and O–H groups in total. The van der Waals surface area contributed by atoms with Crippen molar-refractivity contribution in [2.75, 3.05) is 13.1 Å². The minimum Gasteiger partial charge on any atom is -0.444 e. The van der Waals surface area contributed by atoms with E-state index in [0.717, 1.165) is 25.0 Å². The lowest BCUT2D eigenvalue weighted by atomic mass is 10.1. The van der Waals surface area contributed by atoms with Gasteiger partial charge in [-0.2, -0.15) is 13.2 Å². The monoisotopic (exact) mass is 436 g/mol. The Labute approximate surface area is 169 Å². The molecule has 11 heteroatoms. The number of nitrogens with zero attached hydrogens (tertiary/aromatic N) is 1.